The maximum Gasteiger partial charge on any atom is 0.161 e. The Labute approximate surface area is 127 Å². The predicted octanol–water partition coefficient (Wildman–Crippen LogP) is 5.22. The van der Waals surface area contributed by atoms with Crippen LogP contribution in [0.1, 0.15) is 11.1 Å². The van der Waals surface area contributed by atoms with Gasteiger partial charge in [0.15, 0.2) is 5.82 Å². The van der Waals surface area contributed by atoms with E-state index < -0.39 is 0 Å². The van der Waals surface area contributed by atoms with Crippen LogP contribution in [0.4, 0.5) is 0 Å². The SMILES string of the molecule is Cc1cc(Cl)c2nc(-c3ccccc3C)nc(Cl)c2c1. The molecule has 0 aliphatic carbocycles. The fraction of sp³-hybridized carbons (Fsp3) is 0.125. The number of aryl methyl sites for hydroxylation is 2. The molecule has 3 aromatic rings. The summed E-state index contributed by atoms with van der Waals surface area (Å²) in [6.45, 7) is 3.99. The van der Waals surface area contributed by atoms with Crippen LogP contribution < -0.4 is 0 Å². The number of nitrogens with zero attached hydrogens (tertiary/aromatic N) is 2. The Kier molecular flexibility index (Phi) is 3.36. The van der Waals surface area contributed by atoms with Gasteiger partial charge in [0, 0.05) is 10.9 Å². The lowest BCUT2D eigenvalue weighted by Gasteiger charge is -2.08. The normalized spacial score (nSPS) is 11.0. The van der Waals surface area contributed by atoms with E-state index in [9.17, 15) is 0 Å². The van der Waals surface area contributed by atoms with E-state index in [1.54, 1.807) is 0 Å². The highest BCUT2D eigenvalue weighted by atomic mass is 35.5. The molecule has 0 radical (unpaired) electrons. The first-order valence-electron chi connectivity index (χ1n) is 6.25. The highest BCUT2D eigenvalue weighted by Crippen LogP contribution is 2.31. The number of halogens is 2. The van der Waals surface area contributed by atoms with Gasteiger partial charge >= 0.3 is 0 Å². The topological polar surface area (TPSA) is 25.8 Å². The Morgan fingerprint density at radius 3 is 2.45 bits per heavy atom. The molecule has 20 heavy (non-hydrogen) atoms. The minimum Gasteiger partial charge on any atom is -0.226 e. The van der Waals surface area contributed by atoms with Crippen molar-refractivity contribution in [1.82, 2.24) is 9.97 Å². The second-order valence-electron chi connectivity index (χ2n) is 4.80. The monoisotopic (exact) mass is 302 g/mol. The highest BCUT2D eigenvalue weighted by molar-refractivity contribution is 6.38. The van der Waals surface area contributed by atoms with Crippen molar-refractivity contribution >= 4 is 34.1 Å². The van der Waals surface area contributed by atoms with Gasteiger partial charge in [-0.05, 0) is 37.1 Å². The maximum atomic E-state index is 6.30. The third kappa shape index (κ3) is 2.26. The Morgan fingerprint density at radius 1 is 0.950 bits per heavy atom. The number of fused-ring (bicyclic) bond motifs is 1. The van der Waals surface area contributed by atoms with Crippen LogP contribution in [-0.4, -0.2) is 9.97 Å². The molecule has 0 spiro atoms. The van der Waals surface area contributed by atoms with Gasteiger partial charge in [-0.2, -0.15) is 0 Å². The number of rotatable bonds is 1. The minimum atomic E-state index is 0.429. The molecule has 4 heteroatoms. The van der Waals surface area contributed by atoms with Crippen LogP contribution in [0, 0.1) is 13.8 Å². The van der Waals surface area contributed by atoms with Gasteiger partial charge in [0.05, 0.1) is 10.5 Å². The van der Waals surface area contributed by atoms with E-state index in [-0.39, 0.29) is 0 Å². The number of hydrogen-bond donors (Lipinski definition) is 0. The van der Waals surface area contributed by atoms with Crippen LogP contribution in [0.3, 0.4) is 0 Å². The van der Waals surface area contributed by atoms with Crippen molar-refractivity contribution in [2.24, 2.45) is 0 Å². The van der Waals surface area contributed by atoms with Crippen molar-refractivity contribution in [3.63, 3.8) is 0 Å². The predicted molar refractivity (Wildman–Crippen MR) is 84.5 cm³/mol. The molecule has 0 amide bonds. The standard InChI is InChI=1S/C16H12Cl2N2/c1-9-7-12-14(13(17)8-9)19-16(20-15(12)18)11-6-4-3-5-10(11)2/h3-8H,1-2H3. The van der Waals surface area contributed by atoms with Gasteiger partial charge in [0.1, 0.15) is 5.15 Å². The molecule has 2 aromatic carbocycles. The van der Waals surface area contributed by atoms with Crippen molar-refractivity contribution in [3.8, 4) is 11.4 Å². The van der Waals surface area contributed by atoms with Crippen LogP contribution in [-0.2, 0) is 0 Å². The molecule has 0 N–H and O–H groups in total. The van der Waals surface area contributed by atoms with E-state index in [1.807, 2.05) is 50.2 Å². The van der Waals surface area contributed by atoms with Gasteiger partial charge < -0.3 is 0 Å². The fourth-order valence-electron chi connectivity index (χ4n) is 2.23. The Bertz CT molecular complexity index is 813. The molecule has 100 valence electrons. The Hall–Kier alpha value is -1.64. The molecule has 0 aliphatic rings. The zero-order valence-corrected chi connectivity index (χ0v) is 12.6. The molecule has 0 saturated carbocycles. The molecule has 0 aliphatic heterocycles. The summed E-state index contributed by atoms with van der Waals surface area (Å²) in [6, 6.07) is 11.8. The molecule has 0 fully saturated rings. The second kappa shape index (κ2) is 5.04. The number of aromatic nitrogens is 2. The summed E-state index contributed by atoms with van der Waals surface area (Å²) in [7, 11) is 0. The quantitative estimate of drug-likeness (QED) is 0.576. The third-order valence-corrected chi connectivity index (χ3v) is 3.81. The maximum absolute atomic E-state index is 6.30. The molecule has 3 rings (SSSR count). The lowest BCUT2D eigenvalue weighted by Crippen LogP contribution is -1.94. The van der Waals surface area contributed by atoms with Crippen LogP contribution in [0.25, 0.3) is 22.3 Å². The van der Waals surface area contributed by atoms with Gasteiger partial charge in [0.25, 0.3) is 0 Å². The zero-order chi connectivity index (χ0) is 14.3. The average molecular weight is 303 g/mol. The van der Waals surface area contributed by atoms with E-state index in [0.717, 1.165) is 22.1 Å². The van der Waals surface area contributed by atoms with Gasteiger partial charge in [-0.1, -0.05) is 47.5 Å². The van der Waals surface area contributed by atoms with Crippen molar-refractivity contribution in [2.75, 3.05) is 0 Å². The zero-order valence-electron chi connectivity index (χ0n) is 11.1. The van der Waals surface area contributed by atoms with Crippen LogP contribution >= 0.6 is 23.2 Å². The summed E-state index contributed by atoms with van der Waals surface area (Å²) in [5, 5.41) is 1.81. The van der Waals surface area contributed by atoms with E-state index in [4.69, 9.17) is 23.2 Å². The molecular formula is C16H12Cl2N2. The summed E-state index contributed by atoms with van der Waals surface area (Å²) in [5.74, 6) is 0.603. The summed E-state index contributed by atoms with van der Waals surface area (Å²) in [6.07, 6.45) is 0. The fourth-order valence-corrected chi connectivity index (χ4v) is 2.77. The largest absolute Gasteiger partial charge is 0.226 e. The average Bonchev–Trinajstić information content (AvgIpc) is 2.40. The van der Waals surface area contributed by atoms with Crippen LogP contribution in [0.5, 0.6) is 0 Å². The molecule has 0 unspecified atom stereocenters. The molecule has 1 heterocycles. The Morgan fingerprint density at radius 2 is 1.70 bits per heavy atom. The summed E-state index contributed by atoms with van der Waals surface area (Å²) < 4.78 is 0. The summed E-state index contributed by atoms with van der Waals surface area (Å²) >= 11 is 12.6. The third-order valence-electron chi connectivity index (χ3n) is 3.24. The smallest absolute Gasteiger partial charge is 0.161 e. The number of benzene rings is 2. The van der Waals surface area contributed by atoms with Crippen LogP contribution in [0.2, 0.25) is 10.2 Å². The van der Waals surface area contributed by atoms with E-state index in [0.29, 0.717) is 21.5 Å². The summed E-state index contributed by atoms with van der Waals surface area (Å²) in [4.78, 5) is 8.99. The van der Waals surface area contributed by atoms with Crippen LogP contribution in [0.15, 0.2) is 36.4 Å². The van der Waals surface area contributed by atoms with Crippen molar-refractivity contribution in [1.29, 1.82) is 0 Å². The first-order valence-corrected chi connectivity index (χ1v) is 7.01. The van der Waals surface area contributed by atoms with E-state index in [2.05, 4.69) is 9.97 Å². The second-order valence-corrected chi connectivity index (χ2v) is 5.56. The summed E-state index contributed by atoms with van der Waals surface area (Å²) in [5.41, 5.74) is 3.80. The highest BCUT2D eigenvalue weighted by Gasteiger charge is 2.12. The minimum absolute atomic E-state index is 0.429. The van der Waals surface area contributed by atoms with Gasteiger partial charge in [0.2, 0.25) is 0 Å². The molecule has 0 bridgehead atoms. The lowest BCUT2D eigenvalue weighted by molar-refractivity contribution is 1.21. The van der Waals surface area contributed by atoms with Gasteiger partial charge in [-0.15, -0.1) is 0 Å². The molecular weight excluding hydrogens is 291 g/mol. The molecule has 2 nitrogen and oxygen atoms in total. The molecule has 1 aromatic heterocycles. The van der Waals surface area contributed by atoms with Crippen molar-refractivity contribution in [2.45, 2.75) is 13.8 Å². The van der Waals surface area contributed by atoms with E-state index in [1.165, 1.54) is 0 Å². The lowest BCUT2D eigenvalue weighted by atomic mass is 10.1. The molecule has 0 atom stereocenters. The Balaban J connectivity index is 2.33. The van der Waals surface area contributed by atoms with E-state index >= 15 is 0 Å². The number of hydrogen-bond acceptors (Lipinski definition) is 2. The van der Waals surface area contributed by atoms with Crippen molar-refractivity contribution in [3.05, 3.63) is 57.7 Å². The first-order chi connectivity index (χ1) is 9.56. The van der Waals surface area contributed by atoms with Crippen molar-refractivity contribution < 1.29 is 0 Å². The van der Waals surface area contributed by atoms with Gasteiger partial charge in [-0.25, -0.2) is 9.97 Å². The first kappa shape index (κ1) is 13.3. The van der Waals surface area contributed by atoms with Gasteiger partial charge in [-0.3, -0.25) is 0 Å². The molecule has 0 saturated heterocycles.